The number of ether oxygens (including phenoxy) is 1. The molecule has 1 rings (SSSR count). The summed E-state index contributed by atoms with van der Waals surface area (Å²) in [6.07, 6.45) is 5.87. The summed E-state index contributed by atoms with van der Waals surface area (Å²) < 4.78 is 4.97. The maximum atomic E-state index is 6.13. The second-order valence-corrected chi connectivity index (χ2v) is 5.49. The molecular formula is C15H23Cl2NO. The van der Waals surface area contributed by atoms with Crippen LogP contribution in [0.25, 0.3) is 0 Å². The highest BCUT2D eigenvalue weighted by atomic mass is 35.5. The Labute approximate surface area is 126 Å². The summed E-state index contributed by atoms with van der Waals surface area (Å²) >= 11 is 12.1. The van der Waals surface area contributed by atoms with Crippen molar-refractivity contribution in [3.63, 3.8) is 0 Å². The Hall–Kier alpha value is -0.280. The minimum absolute atomic E-state index is 0.766. The van der Waals surface area contributed by atoms with Crippen LogP contribution in [0.2, 0.25) is 10.0 Å². The monoisotopic (exact) mass is 303 g/mol. The van der Waals surface area contributed by atoms with Crippen LogP contribution in [0.4, 0.5) is 0 Å². The molecule has 19 heavy (non-hydrogen) atoms. The molecule has 0 aliphatic carbocycles. The fraction of sp³-hybridized carbons (Fsp3) is 0.600. The van der Waals surface area contributed by atoms with Gasteiger partial charge in [0.05, 0.1) is 6.61 Å². The summed E-state index contributed by atoms with van der Waals surface area (Å²) in [7, 11) is 1.72. The van der Waals surface area contributed by atoms with Crippen LogP contribution in [0.1, 0.15) is 31.2 Å². The average Bonchev–Trinajstić information content (AvgIpc) is 2.40. The van der Waals surface area contributed by atoms with Gasteiger partial charge in [0.2, 0.25) is 0 Å². The van der Waals surface area contributed by atoms with Crippen molar-refractivity contribution in [2.24, 2.45) is 0 Å². The fourth-order valence-corrected chi connectivity index (χ4v) is 2.36. The van der Waals surface area contributed by atoms with Crippen molar-refractivity contribution >= 4 is 23.2 Å². The van der Waals surface area contributed by atoms with Gasteiger partial charge in [-0.1, -0.05) is 36.0 Å². The Balaban J connectivity index is 2.03. The Kier molecular flexibility index (Phi) is 9.27. The predicted molar refractivity (Wildman–Crippen MR) is 83.4 cm³/mol. The van der Waals surface area contributed by atoms with Crippen LogP contribution in [0, 0.1) is 0 Å². The van der Waals surface area contributed by atoms with Crippen LogP contribution in [0.15, 0.2) is 18.2 Å². The first-order valence-electron chi connectivity index (χ1n) is 6.87. The highest BCUT2D eigenvalue weighted by Crippen LogP contribution is 2.22. The van der Waals surface area contributed by atoms with Crippen molar-refractivity contribution in [3.05, 3.63) is 33.8 Å². The average molecular weight is 304 g/mol. The van der Waals surface area contributed by atoms with Crippen LogP contribution < -0.4 is 5.32 Å². The van der Waals surface area contributed by atoms with E-state index in [9.17, 15) is 0 Å². The van der Waals surface area contributed by atoms with E-state index in [0.717, 1.165) is 48.1 Å². The quantitative estimate of drug-likeness (QED) is 0.650. The third kappa shape index (κ3) is 7.78. The van der Waals surface area contributed by atoms with Crippen LogP contribution in [0.5, 0.6) is 0 Å². The maximum absolute atomic E-state index is 6.13. The number of benzene rings is 1. The van der Waals surface area contributed by atoms with E-state index in [1.54, 1.807) is 7.11 Å². The van der Waals surface area contributed by atoms with Crippen LogP contribution in [-0.4, -0.2) is 26.8 Å². The summed E-state index contributed by atoms with van der Waals surface area (Å²) in [5, 5.41) is 4.94. The number of methoxy groups -OCH3 is 1. The van der Waals surface area contributed by atoms with E-state index in [2.05, 4.69) is 5.32 Å². The van der Waals surface area contributed by atoms with Crippen molar-refractivity contribution in [1.29, 1.82) is 0 Å². The van der Waals surface area contributed by atoms with Gasteiger partial charge in [-0.05, 0) is 49.6 Å². The molecule has 1 aromatic rings. The first-order valence-corrected chi connectivity index (χ1v) is 7.63. The molecule has 0 fully saturated rings. The van der Waals surface area contributed by atoms with E-state index in [1.807, 2.05) is 18.2 Å². The maximum Gasteiger partial charge on any atom is 0.0587 e. The SMILES string of the molecule is COCCNCCCCCCc1cc(Cl)ccc1Cl. The van der Waals surface area contributed by atoms with Crippen molar-refractivity contribution in [1.82, 2.24) is 5.32 Å². The van der Waals surface area contributed by atoms with Crippen molar-refractivity contribution < 1.29 is 4.74 Å². The smallest absolute Gasteiger partial charge is 0.0587 e. The zero-order valence-corrected chi connectivity index (χ0v) is 13.1. The molecule has 1 N–H and O–H groups in total. The van der Waals surface area contributed by atoms with Gasteiger partial charge in [0, 0.05) is 23.7 Å². The number of hydrogen-bond donors (Lipinski definition) is 1. The highest BCUT2D eigenvalue weighted by Gasteiger charge is 2.01. The Morgan fingerprint density at radius 1 is 1.05 bits per heavy atom. The van der Waals surface area contributed by atoms with E-state index in [0.29, 0.717) is 0 Å². The molecule has 0 saturated heterocycles. The molecule has 0 spiro atoms. The van der Waals surface area contributed by atoms with Gasteiger partial charge < -0.3 is 10.1 Å². The molecule has 4 heteroatoms. The van der Waals surface area contributed by atoms with Gasteiger partial charge in [0.25, 0.3) is 0 Å². The second-order valence-electron chi connectivity index (χ2n) is 4.64. The topological polar surface area (TPSA) is 21.3 Å². The van der Waals surface area contributed by atoms with E-state index in [4.69, 9.17) is 27.9 Å². The molecule has 0 atom stereocenters. The predicted octanol–water partition coefficient (Wildman–Crippen LogP) is 4.33. The lowest BCUT2D eigenvalue weighted by molar-refractivity contribution is 0.199. The summed E-state index contributed by atoms with van der Waals surface area (Å²) in [5.74, 6) is 0. The summed E-state index contributed by atoms with van der Waals surface area (Å²) in [6, 6.07) is 5.67. The molecule has 0 saturated carbocycles. The normalized spacial score (nSPS) is 10.9. The molecule has 2 nitrogen and oxygen atoms in total. The van der Waals surface area contributed by atoms with Gasteiger partial charge in [-0.15, -0.1) is 0 Å². The van der Waals surface area contributed by atoms with E-state index in [-0.39, 0.29) is 0 Å². The standard InChI is InChI=1S/C15H23Cl2NO/c1-19-11-10-18-9-5-3-2-4-6-13-12-14(16)7-8-15(13)17/h7-8,12,18H,2-6,9-11H2,1H3. The number of rotatable bonds is 10. The number of aryl methyl sites for hydroxylation is 1. The van der Waals surface area contributed by atoms with Crippen molar-refractivity contribution in [2.75, 3.05) is 26.8 Å². The molecule has 0 bridgehead atoms. The Morgan fingerprint density at radius 3 is 2.63 bits per heavy atom. The molecule has 0 radical (unpaired) electrons. The van der Waals surface area contributed by atoms with Crippen LogP contribution in [0.3, 0.4) is 0 Å². The van der Waals surface area contributed by atoms with Gasteiger partial charge in [0.1, 0.15) is 0 Å². The fourth-order valence-electron chi connectivity index (χ4n) is 1.95. The van der Waals surface area contributed by atoms with Gasteiger partial charge in [0.15, 0.2) is 0 Å². The first kappa shape index (κ1) is 16.8. The van der Waals surface area contributed by atoms with Gasteiger partial charge in [-0.2, -0.15) is 0 Å². The van der Waals surface area contributed by atoms with Crippen LogP contribution in [-0.2, 0) is 11.2 Å². The molecular weight excluding hydrogens is 281 g/mol. The minimum atomic E-state index is 0.766. The number of halogens is 2. The van der Waals surface area contributed by atoms with Gasteiger partial charge in [-0.3, -0.25) is 0 Å². The zero-order valence-electron chi connectivity index (χ0n) is 11.6. The molecule has 0 unspecified atom stereocenters. The van der Waals surface area contributed by atoms with Gasteiger partial charge >= 0.3 is 0 Å². The van der Waals surface area contributed by atoms with Crippen molar-refractivity contribution in [3.8, 4) is 0 Å². The minimum Gasteiger partial charge on any atom is -0.383 e. The summed E-state index contributed by atoms with van der Waals surface area (Å²) in [6.45, 7) is 2.79. The van der Waals surface area contributed by atoms with E-state index >= 15 is 0 Å². The second kappa shape index (κ2) is 10.5. The third-order valence-corrected chi connectivity index (χ3v) is 3.64. The molecule has 0 aromatic heterocycles. The highest BCUT2D eigenvalue weighted by molar-refractivity contribution is 6.33. The summed E-state index contributed by atoms with van der Waals surface area (Å²) in [4.78, 5) is 0. The zero-order chi connectivity index (χ0) is 13.9. The lowest BCUT2D eigenvalue weighted by atomic mass is 10.1. The van der Waals surface area contributed by atoms with E-state index in [1.165, 1.54) is 19.3 Å². The Bertz CT molecular complexity index is 358. The van der Waals surface area contributed by atoms with Gasteiger partial charge in [-0.25, -0.2) is 0 Å². The Morgan fingerprint density at radius 2 is 1.84 bits per heavy atom. The molecule has 0 aliphatic rings. The van der Waals surface area contributed by atoms with Crippen LogP contribution >= 0.6 is 23.2 Å². The number of hydrogen-bond acceptors (Lipinski definition) is 2. The molecule has 0 amide bonds. The molecule has 108 valence electrons. The van der Waals surface area contributed by atoms with E-state index < -0.39 is 0 Å². The third-order valence-electron chi connectivity index (χ3n) is 3.04. The lowest BCUT2D eigenvalue weighted by Crippen LogP contribution is -2.20. The first-order chi connectivity index (χ1) is 9.24. The molecule has 0 heterocycles. The largest absolute Gasteiger partial charge is 0.383 e. The number of unbranched alkanes of at least 4 members (excludes halogenated alkanes) is 3. The molecule has 0 aliphatic heterocycles. The molecule has 1 aromatic carbocycles. The van der Waals surface area contributed by atoms with Crippen molar-refractivity contribution in [2.45, 2.75) is 32.1 Å². The lowest BCUT2D eigenvalue weighted by Gasteiger charge is -2.06. The number of nitrogens with one attached hydrogen (secondary N) is 1. The summed E-state index contributed by atoms with van der Waals surface area (Å²) in [5.41, 5.74) is 1.16.